The number of rotatable bonds is 8. The molecule has 5 rings (SSSR count). The third-order valence-electron chi connectivity index (χ3n) is 7.28. The van der Waals surface area contributed by atoms with Crippen molar-refractivity contribution in [2.45, 2.75) is 56.6 Å². The molecule has 2 aromatic carbocycles. The maximum atomic E-state index is 13.1. The minimum absolute atomic E-state index is 0.216. The Hall–Kier alpha value is -3.70. The number of benzene rings is 2. The van der Waals surface area contributed by atoms with Gasteiger partial charge in [0.05, 0.1) is 34.0 Å². The van der Waals surface area contributed by atoms with Gasteiger partial charge in [0, 0.05) is 5.69 Å². The first-order valence-electron chi connectivity index (χ1n) is 13.2. The van der Waals surface area contributed by atoms with Gasteiger partial charge < -0.3 is 20.7 Å². The maximum absolute atomic E-state index is 13.1. The van der Waals surface area contributed by atoms with Crippen molar-refractivity contribution in [1.82, 2.24) is 25.5 Å². The van der Waals surface area contributed by atoms with E-state index < -0.39 is 15.1 Å². The Kier molecular flexibility index (Phi) is 7.46. The van der Waals surface area contributed by atoms with Gasteiger partial charge in [-0.3, -0.25) is 5.10 Å². The van der Waals surface area contributed by atoms with Crippen molar-refractivity contribution >= 4 is 44.0 Å². The molecule has 1 fully saturated rings. The lowest BCUT2D eigenvalue weighted by molar-refractivity contribution is 0.413. The molecular weight excluding hydrogens is 514 g/mol. The number of methoxy groups -OCH3 is 1. The molecule has 4 N–H and O–H groups in total. The van der Waals surface area contributed by atoms with Crippen molar-refractivity contribution in [1.29, 1.82) is 0 Å². The summed E-state index contributed by atoms with van der Waals surface area (Å²) in [5.74, 6) is 1.96. The Morgan fingerprint density at radius 3 is 2.49 bits per heavy atom. The fourth-order valence-electron chi connectivity index (χ4n) is 5.08. The number of para-hydroxylation sites is 1. The number of ether oxygens (including phenoxy) is 1. The number of H-pyrrole nitrogens is 1. The number of nitrogens with zero attached hydrogens (tertiary/aromatic N) is 3. The molecule has 0 unspecified atom stereocenters. The normalized spacial score (nSPS) is 14.6. The second-order valence-electron chi connectivity index (χ2n) is 10.2. The van der Waals surface area contributed by atoms with Gasteiger partial charge in [0.25, 0.3) is 0 Å². The summed E-state index contributed by atoms with van der Waals surface area (Å²) >= 11 is 0. The molecule has 0 radical (unpaired) electrons. The van der Waals surface area contributed by atoms with Crippen LogP contribution in [-0.2, 0) is 9.84 Å². The number of piperidine rings is 1. The molecule has 1 saturated heterocycles. The molecule has 206 valence electrons. The van der Waals surface area contributed by atoms with Gasteiger partial charge in [-0.15, -0.1) is 0 Å². The number of sulfone groups is 1. The Labute approximate surface area is 228 Å². The molecule has 3 heterocycles. The second-order valence-corrected chi connectivity index (χ2v) is 12.7. The highest BCUT2D eigenvalue weighted by atomic mass is 32.2. The summed E-state index contributed by atoms with van der Waals surface area (Å²) in [5.41, 5.74) is 4.88. The summed E-state index contributed by atoms with van der Waals surface area (Å²) in [6.45, 7) is 9.36. The quantitative estimate of drug-likeness (QED) is 0.236. The molecule has 10 nitrogen and oxygen atoms in total. The van der Waals surface area contributed by atoms with Crippen LogP contribution in [-0.4, -0.2) is 54.0 Å². The summed E-state index contributed by atoms with van der Waals surface area (Å²) in [7, 11) is -1.87. The average molecular weight is 550 g/mol. The van der Waals surface area contributed by atoms with Crippen LogP contribution in [0, 0.1) is 13.8 Å². The molecule has 0 amide bonds. The molecule has 0 bridgehead atoms. The van der Waals surface area contributed by atoms with E-state index in [0.717, 1.165) is 37.3 Å². The smallest absolute Gasteiger partial charge is 0.231 e. The Balaban J connectivity index is 1.54. The van der Waals surface area contributed by atoms with Crippen molar-refractivity contribution in [3.05, 3.63) is 53.2 Å². The first-order valence-corrected chi connectivity index (χ1v) is 14.7. The van der Waals surface area contributed by atoms with Crippen LogP contribution in [0.1, 0.15) is 49.4 Å². The van der Waals surface area contributed by atoms with Gasteiger partial charge in [0.2, 0.25) is 5.95 Å². The fraction of sp³-hybridized carbons (Fsp3) is 0.393. The highest BCUT2D eigenvalue weighted by molar-refractivity contribution is 7.92. The lowest BCUT2D eigenvalue weighted by atomic mass is 9.87. The SMILES string of the molecule is COc1cc(C2CCNCC2)c(C)cc1Nc1nc(Nc2ccccc2S(=O)(=O)C(C)C)c2c(C)[nH]nc2n1. The van der Waals surface area contributed by atoms with Crippen LogP contribution in [0.15, 0.2) is 41.3 Å². The summed E-state index contributed by atoms with van der Waals surface area (Å²) in [6, 6.07) is 11.0. The minimum atomic E-state index is -3.53. The number of nitrogens with one attached hydrogen (secondary N) is 4. The number of aromatic amines is 1. The maximum Gasteiger partial charge on any atom is 0.231 e. The summed E-state index contributed by atoms with van der Waals surface area (Å²) in [4.78, 5) is 9.60. The van der Waals surface area contributed by atoms with Crippen molar-refractivity contribution in [3.63, 3.8) is 0 Å². The van der Waals surface area contributed by atoms with Gasteiger partial charge in [-0.25, -0.2) is 8.42 Å². The number of hydrogen-bond donors (Lipinski definition) is 4. The highest BCUT2D eigenvalue weighted by Gasteiger charge is 2.24. The van der Waals surface area contributed by atoms with Gasteiger partial charge in [-0.2, -0.15) is 15.1 Å². The van der Waals surface area contributed by atoms with Gasteiger partial charge in [0.15, 0.2) is 15.5 Å². The van der Waals surface area contributed by atoms with E-state index in [1.165, 1.54) is 11.1 Å². The van der Waals surface area contributed by atoms with Crippen LogP contribution in [0.25, 0.3) is 11.0 Å². The lowest BCUT2D eigenvalue weighted by Crippen LogP contribution is -2.27. The van der Waals surface area contributed by atoms with Crippen LogP contribution in [0.2, 0.25) is 0 Å². The number of anilines is 4. The van der Waals surface area contributed by atoms with Crippen LogP contribution >= 0.6 is 0 Å². The van der Waals surface area contributed by atoms with Crippen molar-refractivity contribution < 1.29 is 13.2 Å². The van der Waals surface area contributed by atoms with E-state index >= 15 is 0 Å². The second kappa shape index (κ2) is 10.8. The molecule has 0 spiro atoms. The lowest BCUT2D eigenvalue weighted by Gasteiger charge is -2.25. The molecule has 0 aliphatic carbocycles. The molecule has 1 aliphatic heterocycles. The number of aromatic nitrogens is 4. The average Bonchev–Trinajstić information content (AvgIpc) is 3.30. The molecule has 0 atom stereocenters. The molecule has 2 aromatic heterocycles. The Morgan fingerprint density at radius 1 is 1.03 bits per heavy atom. The van der Waals surface area contributed by atoms with Gasteiger partial charge in [-0.05, 0) is 94.9 Å². The number of hydrogen-bond acceptors (Lipinski definition) is 9. The predicted octanol–water partition coefficient (Wildman–Crippen LogP) is 5.11. The fourth-order valence-corrected chi connectivity index (χ4v) is 6.28. The first kappa shape index (κ1) is 26.9. The minimum Gasteiger partial charge on any atom is -0.495 e. The van der Waals surface area contributed by atoms with Gasteiger partial charge >= 0.3 is 0 Å². The largest absolute Gasteiger partial charge is 0.495 e. The first-order chi connectivity index (χ1) is 18.7. The zero-order valence-electron chi connectivity index (χ0n) is 22.9. The monoisotopic (exact) mass is 549 g/mol. The third kappa shape index (κ3) is 5.28. The summed E-state index contributed by atoms with van der Waals surface area (Å²) < 4.78 is 31.9. The van der Waals surface area contributed by atoms with E-state index in [1.54, 1.807) is 45.2 Å². The Morgan fingerprint density at radius 2 is 1.77 bits per heavy atom. The van der Waals surface area contributed by atoms with Crippen LogP contribution < -0.4 is 20.7 Å². The van der Waals surface area contributed by atoms with E-state index in [0.29, 0.717) is 40.2 Å². The molecule has 4 aromatic rings. The summed E-state index contributed by atoms with van der Waals surface area (Å²) in [5, 5.41) is 17.4. The number of fused-ring (bicyclic) bond motifs is 1. The topological polar surface area (TPSA) is 134 Å². The van der Waals surface area contributed by atoms with Crippen LogP contribution in [0.3, 0.4) is 0 Å². The van der Waals surface area contributed by atoms with Crippen molar-refractivity contribution in [2.24, 2.45) is 0 Å². The van der Waals surface area contributed by atoms with Crippen LogP contribution in [0.4, 0.5) is 23.1 Å². The Bertz CT molecular complexity index is 1610. The molecular formula is C28H35N7O3S. The molecule has 39 heavy (non-hydrogen) atoms. The predicted molar refractivity (Wildman–Crippen MR) is 154 cm³/mol. The standard InChI is InChI=1S/C28H35N7O3S/c1-16(2)39(36,37)24-9-7-6-8-21(24)30-26-25-18(4)34-35-27(25)33-28(32-26)31-22-14-17(3)20(15-23(22)38-5)19-10-12-29-13-11-19/h6-9,14-16,19,29H,10-13H2,1-5H3,(H3,30,31,32,33,34,35). The van der Waals surface area contributed by atoms with Crippen LogP contribution in [0.5, 0.6) is 5.75 Å². The van der Waals surface area contributed by atoms with Gasteiger partial charge in [0.1, 0.15) is 11.6 Å². The van der Waals surface area contributed by atoms with E-state index in [2.05, 4.69) is 50.2 Å². The zero-order chi connectivity index (χ0) is 27.7. The van der Waals surface area contributed by atoms with Crippen molar-refractivity contribution in [3.8, 4) is 5.75 Å². The third-order valence-corrected chi connectivity index (χ3v) is 9.49. The number of aryl methyl sites for hydroxylation is 2. The zero-order valence-corrected chi connectivity index (χ0v) is 23.7. The highest BCUT2D eigenvalue weighted by Crippen LogP contribution is 2.37. The van der Waals surface area contributed by atoms with E-state index in [9.17, 15) is 8.42 Å². The van der Waals surface area contributed by atoms with Crippen molar-refractivity contribution in [2.75, 3.05) is 30.8 Å². The molecule has 1 aliphatic rings. The van der Waals surface area contributed by atoms with E-state index in [4.69, 9.17) is 9.72 Å². The molecule has 11 heteroatoms. The molecule has 0 saturated carbocycles. The van der Waals surface area contributed by atoms with E-state index in [-0.39, 0.29) is 4.90 Å². The van der Waals surface area contributed by atoms with E-state index in [1.807, 2.05) is 6.92 Å². The summed E-state index contributed by atoms with van der Waals surface area (Å²) in [6.07, 6.45) is 2.19. The van der Waals surface area contributed by atoms with Gasteiger partial charge in [-0.1, -0.05) is 12.1 Å².